The zero-order valence-electron chi connectivity index (χ0n) is 14.4. The minimum Gasteiger partial charge on any atom is -0.350 e. The second-order valence-corrected chi connectivity index (χ2v) is 6.48. The Morgan fingerprint density at radius 1 is 1.24 bits per heavy atom. The van der Waals surface area contributed by atoms with Crippen molar-refractivity contribution in [3.63, 3.8) is 0 Å². The van der Waals surface area contributed by atoms with Gasteiger partial charge in [0.05, 0.1) is 4.92 Å². The van der Waals surface area contributed by atoms with Gasteiger partial charge in [0.1, 0.15) is 5.69 Å². The van der Waals surface area contributed by atoms with Crippen molar-refractivity contribution in [3.8, 4) is 0 Å². The third-order valence-electron chi connectivity index (χ3n) is 4.33. The summed E-state index contributed by atoms with van der Waals surface area (Å²) in [7, 11) is 0. The number of nitrogens with zero attached hydrogens (tertiary/aromatic N) is 2. The standard InChI is InChI=1S/C19H21N3O3/c1-13-3-10-18(19(11-13)22(24)25)20-16-6-4-15(5-7-16)12-21(14(2)23)17-8-9-17/h3-7,10-11,17,20H,8-9,12H2,1-2H3. The molecule has 0 bridgehead atoms. The van der Waals surface area contributed by atoms with E-state index in [1.807, 2.05) is 42.2 Å². The molecule has 0 unspecified atom stereocenters. The third kappa shape index (κ3) is 4.15. The van der Waals surface area contributed by atoms with Gasteiger partial charge in [0.2, 0.25) is 5.91 Å². The van der Waals surface area contributed by atoms with E-state index in [0.717, 1.165) is 29.7 Å². The molecule has 3 rings (SSSR count). The van der Waals surface area contributed by atoms with E-state index in [-0.39, 0.29) is 16.5 Å². The lowest BCUT2D eigenvalue weighted by Gasteiger charge is -2.20. The number of carbonyl (C=O) groups excluding carboxylic acids is 1. The highest BCUT2D eigenvalue weighted by Gasteiger charge is 2.30. The maximum Gasteiger partial charge on any atom is 0.292 e. The zero-order chi connectivity index (χ0) is 18.0. The second-order valence-electron chi connectivity index (χ2n) is 6.48. The van der Waals surface area contributed by atoms with E-state index < -0.39 is 0 Å². The van der Waals surface area contributed by atoms with Crippen molar-refractivity contribution in [2.45, 2.75) is 39.3 Å². The number of nitro benzene ring substituents is 1. The van der Waals surface area contributed by atoms with Gasteiger partial charge in [0.15, 0.2) is 0 Å². The third-order valence-corrected chi connectivity index (χ3v) is 4.33. The molecule has 0 aliphatic heterocycles. The number of carbonyl (C=O) groups is 1. The summed E-state index contributed by atoms with van der Waals surface area (Å²) in [5.41, 5.74) is 3.19. The number of aryl methyl sites for hydroxylation is 1. The van der Waals surface area contributed by atoms with Gasteiger partial charge < -0.3 is 10.2 Å². The van der Waals surface area contributed by atoms with Crippen LogP contribution in [0.25, 0.3) is 0 Å². The molecule has 1 amide bonds. The average molecular weight is 339 g/mol. The molecule has 1 fully saturated rings. The van der Waals surface area contributed by atoms with Crippen LogP contribution in [0.5, 0.6) is 0 Å². The van der Waals surface area contributed by atoms with Gasteiger partial charge in [0.25, 0.3) is 5.69 Å². The maximum absolute atomic E-state index is 11.7. The van der Waals surface area contributed by atoms with Gasteiger partial charge in [-0.15, -0.1) is 0 Å². The SMILES string of the molecule is CC(=O)N(Cc1ccc(Nc2ccc(C)cc2[N+](=O)[O-])cc1)C1CC1. The van der Waals surface area contributed by atoms with E-state index in [2.05, 4.69) is 5.32 Å². The van der Waals surface area contributed by atoms with Gasteiger partial charge in [-0.1, -0.05) is 18.2 Å². The summed E-state index contributed by atoms with van der Waals surface area (Å²) in [6, 6.07) is 13.1. The Balaban J connectivity index is 1.73. The molecule has 25 heavy (non-hydrogen) atoms. The first-order chi connectivity index (χ1) is 11.9. The highest BCUT2D eigenvalue weighted by atomic mass is 16.6. The van der Waals surface area contributed by atoms with E-state index in [9.17, 15) is 14.9 Å². The summed E-state index contributed by atoms with van der Waals surface area (Å²) in [5.74, 6) is 0.0972. The molecule has 0 spiro atoms. The fourth-order valence-corrected chi connectivity index (χ4v) is 2.83. The molecule has 0 atom stereocenters. The normalized spacial score (nSPS) is 13.4. The van der Waals surface area contributed by atoms with Gasteiger partial charge in [-0.3, -0.25) is 14.9 Å². The quantitative estimate of drug-likeness (QED) is 0.633. The topological polar surface area (TPSA) is 75.5 Å². The van der Waals surface area contributed by atoms with E-state index in [0.29, 0.717) is 18.3 Å². The van der Waals surface area contributed by atoms with Gasteiger partial charge in [-0.2, -0.15) is 0 Å². The molecule has 2 aromatic carbocycles. The predicted molar refractivity (Wildman–Crippen MR) is 96.8 cm³/mol. The molecule has 6 heteroatoms. The molecular weight excluding hydrogens is 318 g/mol. The molecule has 0 heterocycles. The molecular formula is C19H21N3O3. The summed E-state index contributed by atoms with van der Waals surface area (Å²) in [5, 5.41) is 14.3. The second kappa shape index (κ2) is 6.93. The van der Waals surface area contributed by atoms with Crippen LogP contribution >= 0.6 is 0 Å². The first kappa shape index (κ1) is 17.0. The molecule has 0 radical (unpaired) electrons. The van der Waals surface area contributed by atoms with Crippen LogP contribution < -0.4 is 5.32 Å². The highest BCUT2D eigenvalue weighted by Crippen LogP contribution is 2.30. The number of benzene rings is 2. The maximum atomic E-state index is 11.7. The van der Waals surface area contributed by atoms with Crippen molar-refractivity contribution >= 4 is 23.0 Å². The Morgan fingerprint density at radius 3 is 2.48 bits per heavy atom. The molecule has 1 saturated carbocycles. The summed E-state index contributed by atoms with van der Waals surface area (Å²) in [6.07, 6.45) is 2.16. The lowest BCUT2D eigenvalue weighted by atomic mass is 10.1. The Bertz CT molecular complexity index is 798. The molecule has 1 aliphatic rings. The smallest absolute Gasteiger partial charge is 0.292 e. The minimum absolute atomic E-state index is 0.0561. The molecule has 0 aromatic heterocycles. The van der Waals surface area contributed by atoms with Crippen LogP contribution in [0.1, 0.15) is 30.9 Å². The van der Waals surface area contributed by atoms with E-state index in [1.165, 1.54) is 0 Å². The minimum atomic E-state index is -0.385. The highest BCUT2D eigenvalue weighted by molar-refractivity contribution is 5.74. The van der Waals surface area contributed by atoms with Crippen molar-refractivity contribution < 1.29 is 9.72 Å². The van der Waals surface area contributed by atoms with Crippen LogP contribution in [0.4, 0.5) is 17.1 Å². The predicted octanol–water partition coefficient (Wildman–Crippen LogP) is 4.16. The Morgan fingerprint density at radius 2 is 1.92 bits per heavy atom. The lowest BCUT2D eigenvalue weighted by Crippen LogP contribution is -2.30. The number of amides is 1. The van der Waals surface area contributed by atoms with Crippen LogP contribution in [-0.2, 0) is 11.3 Å². The molecule has 0 saturated heterocycles. The molecule has 1 N–H and O–H groups in total. The first-order valence-electron chi connectivity index (χ1n) is 8.32. The van der Waals surface area contributed by atoms with Crippen LogP contribution in [0.3, 0.4) is 0 Å². The first-order valence-corrected chi connectivity index (χ1v) is 8.32. The molecule has 130 valence electrons. The van der Waals surface area contributed by atoms with E-state index in [1.54, 1.807) is 19.1 Å². The number of anilines is 2. The van der Waals surface area contributed by atoms with Crippen LogP contribution in [0.15, 0.2) is 42.5 Å². The van der Waals surface area contributed by atoms with Gasteiger partial charge in [0, 0.05) is 31.3 Å². The van der Waals surface area contributed by atoms with Crippen molar-refractivity contribution in [1.82, 2.24) is 4.90 Å². The fraction of sp³-hybridized carbons (Fsp3) is 0.316. The van der Waals surface area contributed by atoms with Crippen molar-refractivity contribution in [2.24, 2.45) is 0 Å². The van der Waals surface area contributed by atoms with Crippen molar-refractivity contribution in [2.75, 3.05) is 5.32 Å². The van der Waals surface area contributed by atoms with Crippen molar-refractivity contribution in [1.29, 1.82) is 0 Å². The Hall–Kier alpha value is -2.89. The van der Waals surface area contributed by atoms with E-state index >= 15 is 0 Å². The summed E-state index contributed by atoms with van der Waals surface area (Å²) in [6.45, 7) is 4.03. The van der Waals surface area contributed by atoms with Crippen LogP contribution in [-0.4, -0.2) is 21.8 Å². The number of rotatable bonds is 6. The number of nitro groups is 1. The Kier molecular flexibility index (Phi) is 4.70. The average Bonchev–Trinajstić information content (AvgIpc) is 3.40. The van der Waals surface area contributed by atoms with Gasteiger partial charge >= 0.3 is 0 Å². The molecule has 2 aromatic rings. The summed E-state index contributed by atoms with van der Waals surface area (Å²) in [4.78, 5) is 24.4. The number of nitrogens with one attached hydrogen (secondary N) is 1. The van der Waals surface area contributed by atoms with Crippen molar-refractivity contribution in [3.05, 3.63) is 63.7 Å². The number of hydrogen-bond acceptors (Lipinski definition) is 4. The largest absolute Gasteiger partial charge is 0.350 e. The van der Waals surface area contributed by atoms with Gasteiger partial charge in [-0.05, 0) is 49.1 Å². The van der Waals surface area contributed by atoms with E-state index in [4.69, 9.17) is 0 Å². The van der Waals surface area contributed by atoms with Crippen LogP contribution in [0, 0.1) is 17.0 Å². The fourth-order valence-electron chi connectivity index (χ4n) is 2.83. The van der Waals surface area contributed by atoms with Gasteiger partial charge in [-0.25, -0.2) is 0 Å². The Labute approximate surface area is 146 Å². The van der Waals surface area contributed by atoms with Crippen LogP contribution in [0.2, 0.25) is 0 Å². The lowest BCUT2D eigenvalue weighted by molar-refractivity contribution is -0.384. The molecule has 1 aliphatic carbocycles. The number of hydrogen-bond donors (Lipinski definition) is 1. The summed E-state index contributed by atoms with van der Waals surface area (Å²) < 4.78 is 0. The zero-order valence-corrected chi connectivity index (χ0v) is 14.4. The monoisotopic (exact) mass is 339 g/mol. The summed E-state index contributed by atoms with van der Waals surface area (Å²) >= 11 is 0. The molecule has 6 nitrogen and oxygen atoms in total.